The number of fused-ring (bicyclic) bond motifs is 1. The normalized spacial score (nSPS) is 16.0. The number of hydrogen-bond acceptors (Lipinski definition) is 6. The Morgan fingerprint density at radius 3 is 2.67 bits per heavy atom. The van der Waals surface area contributed by atoms with E-state index in [1.807, 2.05) is 24.0 Å². The molecule has 0 spiro atoms. The molecule has 1 saturated heterocycles. The van der Waals surface area contributed by atoms with Gasteiger partial charge >= 0.3 is 5.63 Å². The molecule has 0 radical (unpaired) electrons. The Morgan fingerprint density at radius 1 is 1.13 bits per heavy atom. The molecule has 0 saturated carbocycles. The highest BCUT2D eigenvalue weighted by Crippen LogP contribution is 2.23. The van der Waals surface area contributed by atoms with E-state index in [-0.39, 0.29) is 12.4 Å². The van der Waals surface area contributed by atoms with Gasteiger partial charge in [0.1, 0.15) is 29.9 Å². The van der Waals surface area contributed by atoms with Crippen LogP contribution in [0.2, 0.25) is 0 Å². The molecule has 1 aliphatic heterocycles. The minimum Gasteiger partial charge on any atom is -0.491 e. The molecule has 0 aliphatic carbocycles. The fourth-order valence-corrected chi connectivity index (χ4v) is 3.82. The Hall–Kier alpha value is -2.90. The fourth-order valence-electron chi connectivity index (χ4n) is 3.82. The summed E-state index contributed by atoms with van der Waals surface area (Å²) in [7, 11) is 0. The van der Waals surface area contributed by atoms with Gasteiger partial charge in [-0.15, -0.1) is 0 Å². The first-order valence-corrected chi connectivity index (χ1v) is 10.1. The van der Waals surface area contributed by atoms with Crippen LogP contribution >= 0.6 is 0 Å². The van der Waals surface area contributed by atoms with Gasteiger partial charge in [0.05, 0.1) is 5.69 Å². The molecule has 7 heteroatoms. The van der Waals surface area contributed by atoms with E-state index in [1.165, 1.54) is 12.1 Å². The number of aryl methyl sites for hydroxylation is 1. The van der Waals surface area contributed by atoms with Gasteiger partial charge in [0.2, 0.25) is 0 Å². The Labute approximate surface area is 174 Å². The molecule has 2 heterocycles. The first kappa shape index (κ1) is 20.4. The van der Waals surface area contributed by atoms with E-state index >= 15 is 0 Å². The summed E-state index contributed by atoms with van der Waals surface area (Å²) in [4.78, 5) is 15.7. The zero-order valence-electron chi connectivity index (χ0n) is 16.9. The first-order valence-electron chi connectivity index (χ1n) is 10.1. The highest BCUT2D eigenvalue weighted by atomic mass is 19.1. The largest absolute Gasteiger partial charge is 0.491 e. The summed E-state index contributed by atoms with van der Waals surface area (Å²) < 4.78 is 24.9. The van der Waals surface area contributed by atoms with Crippen LogP contribution in [0.5, 0.6) is 5.75 Å². The van der Waals surface area contributed by atoms with Gasteiger partial charge in [-0.1, -0.05) is 12.1 Å². The summed E-state index contributed by atoms with van der Waals surface area (Å²) in [5.41, 5.74) is 1.55. The molecule has 1 fully saturated rings. The van der Waals surface area contributed by atoms with Crippen LogP contribution in [0.4, 0.5) is 10.1 Å². The number of piperazine rings is 1. The van der Waals surface area contributed by atoms with Crippen LogP contribution in [0.3, 0.4) is 0 Å². The van der Waals surface area contributed by atoms with Crippen molar-refractivity contribution in [2.45, 2.75) is 13.0 Å². The number of anilines is 1. The van der Waals surface area contributed by atoms with E-state index in [4.69, 9.17) is 9.15 Å². The van der Waals surface area contributed by atoms with Gasteiger partial charge in [-0.2, -0.15) is 0 Å². The zero-order chi connectivity index (χ0) is 21.1. The summed E-state index contributed by atoms with van der Waals surface area (Å²) in [5.74, 6) is 0.334. The summed E-state index contributed by atoms with van der Waals surface area (Å²) in [5, 5.41) is 11.2. The minimum absolute atomic E-state index is 0.134. The number of aliphatic hydroxyl groups excluding tert-OH is 1. The highest BCUT2D eigenvalue weighted by Gasteiger charge is 2.21. The fraction of sp³-hybridized carbons (Fsp3) is 0.348. The predicted octanol–water partition coefficient (Wildman–Crippen LogP) is 2.80. The van der Waals surface area contributed by atoms with Crippen molar-refractivity contribution in [2.24, 2.45) is 0 Å². The van der Waals surface area contributed by atoms with Crippen molar-refractivity contribution in [3.8, 4) is 5.75 Å². The number of aliphatic hydroxyl groups is 1. The smallest absolute Gasteiger partial charge is 0.336 e. The van der Waals surface area contributed by atoms with Crippen molar-refractivity contribution < 1.29 is 18.7 Å². The summed E-state index contributed by atoms with van der Waals surface area (Å²) >= 11 is 0. The molecule has 4 rings (SSSR count). The van der Waals surface area contributed by atoms with E-state index in [0.29, 0.717) is 36.7 Å². The van der Waals surface area contributed by atoms with Crippen molar-refractivity contribution in [1.82, 2.24) is 4.90 Å². The van der Waals surface area contributed by atoms with Crippen LogP contribution in [-0.4, -0.2) is 55.4 Å². The standard InChI is InChI=1S/C23H25FN2O4/c1-16-12-23(28)30-22-13-18(6-7-19(16)22)29-15-17(27)14-25-8-10-26(11-9-25)21-5-3-2-4-20(21)24/h2-7,12-13,17,27H,8-11,14-15H2,1H3/t17-/m1/s1. The van der Waals surface area contributed by atoms with Crippen LogP contribution in [-0.2, 0) is 0 Å². The molecule has 1 aliphatic rings. The topological polar surface area (TPSA) is 66.2 Å². The average Bonchev–Trinajstić information content (AvgIpc) is 2.73. The van der Waals surface area contributed by atoms with Crippen molar-refractivity contribution in [3.63, 3.8) is 0 Å². The molecule has 1 atom stereocenters. The van der Waals surface area contributed by atoms with Gasteiger partial charge in [-0.25, -0.2) is 9.18 Å². The molecule has 1 N–H and O–H groups in total. The third-order valence-corrected chi connectivity index (χ3v) is 5.40. The third-order valence-electron chi connectivity index (χ3n) is 5.40. The molecular formula is C23H25FN2O4. The first-order chi connectivity index (χ1) is 14.5. The number of nitrogens with zero attached hydrogens (tertiary/aromatic N) is 2. The van der Waals surface area contributed by atoms with Crippen LogP contribution < -0.4 is 15.3 Å². The predicted molar refractivity (Wildman–Crippen MR) is 114 cm³/mol. The third kappa shape index (κ3) is 4.63. The maximum atomic E-state index is 13.9. The number of rotatable bonds is 6. The molecule has 3 aromatic rings. The number of ether oxygens (including phenoxy) is 1. The molecule has 6 nitrogen and oxygen atoms in total. The van der Waals surface area contributed by atoms with Gasteiger partial charge in [0.25, 0.3) is 0 Å². The van der Waals surface area contributed by atoms with Gasteiger partial charge in [0.15, 0.2) is 0 Å². The van der Waals surface area contributed by atoms with E-state index in [2.05, 4.69) is 4.90 Å². The number of para-hydroxylation sites is 1. The SMILES string of the molecule is Cc1cc(=O)oc2cc(OC[C@H](O)CN3CCN(c4ccccc4F)CC3)ccc12. The average molecular weight is 412 g/mol. The summed E-state index contributed by atoms with van der Waals surface area (Å²) in [6.07, 6.45) is -0.662. The molecule has 2 aromatic carbocycles. The van der Waals surface area contributed by atoms with Gasteiger partial charge < -0.3 is 19.2 Å². The quantitative estimate of drug-likeness (QED) is 0.628. The lowest BCUT2D eigenvalue weighted by Gasteiger charge is -2.36. The summed E-state index contributed by atoms with van der Waals surface area (Å²) in [6.45, 7) is 5.37. The number of β-amino-alcohol motifs (C(OH)–C–C–N with tert-alkyl or cyclic N) is 1. The molecule has 1 aromatic heterocycles. The lowest BCUT2D eigenvalue weighted by Crippen LogP contribution is -2.49. The molecule has 0 amide bonds. The lowest BCUT2D eigenvalue weighted by atomic mass is 10.1. The summed E-state index contributed by atoms with van der Waals surface area (Å²) in [6, 6.07) is 13.6. The van der Waals surface area contributed by atoms with E-state index < -0.39 is 11.7 Å². The molecule has 0 bridgehead atoms. The van der Waals surface area contributed by atoms with Gasteiger partial charge in [-0.05, 0) is 36.8 Å². The lowest BCUT2D eigenvalue weighted by molar-refractivity contribution is 0.0663. The van der Waals surface area contributed by atoms with Crippen LogP contribution in [0, 0.1) is 12.7 Å². The molecule has 30 heavy (non-hydrogen) atoms. The Bertz CT molecular complexity index is 1080. The monoisotopic (exact) mass is 412 g/mol. The Balaban J connectivity index is 1.28. The van der Waals surface area contributed by atoms with Crippen molar-refractivity contribution in [3.05, 3.63) is 70.3 Å². The van der Waals surface area contributed by atoms with E-state index in [0.717, 1.165) is 24.0 Å². The van der Waals surface area contributed by atoms with Crippen molar-refractivity contribution in [1.29, 1.82) is 0 Å². The maximum Gasteiger partial charge on any atom is 0.336 e. The van der Waals surface area contributed by atoms with E-state index in [1.54, 1.807) is 24.3 Å². The Morgan fingerprint density at radius 2 is 1.90 bits per heavy atom. The van der Waals surface area contributed by atoms with Crippen molar-refractivity contribution >= 4 is 16.7 Å². The number of hydrogen-bond donors (Lipinski definition) is 1. The van der Waals surface area contributed by atoms with E-state index in [9.17, 15) is 14.3 Å². The second kappa shape index (κ2) is 8.85. The molecule has 0 unspecified atom stereocenters. The Kier molecular flexibility index (Phi) is 6.01. The second-order valence-corrected chi connectivity index (χ2v) is 7.61. The van der Waals surface area contributed by atoms with Crippen LogP contribution in [0.25, 0.3) is 11.0 Å². The molecular weight excluding hydrogens is 387 g/mol. The zero-order valence-corrected chi connectivity index (χ0v) is 16.9. The van der Waals surface area contributed by atoms with Gasteiger partial charge in [0, 0.05) is 50.2 Å². The van der Waals surface area contributed by atoms with Crippen LogP contribution in [0.1, 0.15) is 5.56 Å². The highest BCUT2D eigenvalue weighted by molar-refractivity contribution is 5.81. The van der Waals surface area contributed by atoms with Crippen molar-refractivity contribution in [2.75, 3.05) is 44.2 Å². The number of benzene rings is 2. The number of halogens is 1. The minimum atomic E-state index is -0.662. The second-order valence-electron chi connectivity index (χ2n) is 7.61. The van der Waals surface area contributed by atoms with Gasteiger partial charge in [-0.3, -0.25) is 4.90 Å². The molecule has 158 valence electrons. The maximum absolute atomic E-state index is 13.9. The van der Waals surface area contributed by atoms with Crippen LogP contribution in [0.15, 0.2) is 57.7 Å².